The topological polar surface area (TPSA) is 86.8 Å². The Kier molecular flexibility index (Phi) is 4.00. The van der Waals surface area contributed by atoms with Gasteiger partial charge in [0.1, 0.15) is 5.65 Å². The fraction of sp³-hybridized carbons (Fsp3) is 0.222. The molecule has 0 spiro atoms. The van der Waals surface area contributed by atoms with Crippen LogP contribution in [0.25, 0.3) is 5.65 Å². The molecule has 1 aliphatic rings. The van der Waals surface area contributed by atoms with E-state index in [1.54, 1.807) is 18.2 Å². The Balaban J connectivity index is 1.75. The molecule has 0 fully saturated rings. The number of imidazole rings is 1. The van der Waals surface area contributed by atoms with Crippen LogP contribution in [-0.4, -0.2) is 29.3 Å². The monoisotopic (exact) mass is 352 g/mol. The molecule has 0 aliphatic carbocycles. The number of carbonyl (C=O) groups is 1. The van der Waals surface area contributed by atoms with Crippen molar-refractivity contribution in [2.75, 3.05) is 13.9 Å². The van der Waals surface area contributed by atoms with Gasteiger partial charge in [0.2, 0.25) is 6.79 Å². The molecule has 2 aromatic heterocycles. The third-order valence-electron chi connectivity index (χ3n) is 4.05. The summed E-state index contributed by atoms with van der Waals surface area (Å²) in [6, 6.07) is 9.16. The third-order valence-corrected chi connectivity index (χ3v) is 4.05. The first-order valence-corrected chi connectivity index (χ1v) is 8.00. The van der Waals surface area contributed by atoms with Gasteiger partial charge in [-0.15, -0.1) is 10.2 Å². The minimum absolute atomic E-state index is 0.0209. The highest BCUT2D eigenvalue weighted by atomic mass is 16.7. The van der Waals surface area contributed by atoms with Crippen LogP contribution in [0.15, 0.2) is 46.8 Å². The molecular formula is C18H16N4O4. The quantitative estimate of drug-likeness (QED) is 0.530. The zero-order chi connectivity index (χ0) is 18.1. The van der Waals surface area contributed by atoms with Crippen LogP contribution in [-0.2, 0) is 16.0 Å². The van der Waals surface area contributed by atoms with Gasteiger partial charge in [-0.05, 0) is 30.7 Å². The van der Waals surface area contributed by atoms with E-state index in [4.69, 9.17) is 14.2 Å². The number of esters is 1. The summed E-state index contributed by atoms with van der Waals surface area (Å²) in [4.78, 5) is 16.3. The fourth-order valence-corrected chi connectivity index (χ4v) is 2.72. The van der Waals surface area contributed by atoms with E-state index in [0.29, 0.717) is 28.7 Å². The van der Waals surface area contributed by atoms with Crippen LogP contribution in [0.3, 0.4) is 0 Å². The van der Waals surface area contributed by atoms with Gasteiger partial charge in [-0.2, -0.15) is 0 Å². The first-order valence-electron chi connectivity index (χ1n) is 8.00. The third kappa shape index (κ3) is 2.85. The summed E-state index contributed by atoms with van der Waals surface area (Å²) in [6.45, 7) is 2.15. The summed E-state index contributed by atoms with van der Waals surface area (Å²) in [7, 11) is 1.34. The predicted molar refractivity (Wildman–Crippen MR) is 92.4 cm³/mol. The van der Waals surface area contributed by atoms with Crippen molar-refractivity contribution in [2.24, 2.45) is 10.2 Å². The van der Waals surface area contributed by atoms with Gasteiger partial charge in [0.05, 0.1) is 24.9 Å². The number of ether oxygens (including phenoxy) is 3. The summed E-state index contributed by atoms with van der Waals surface area (Å²) < 4.78 is 17.2. The number of nitrogens with zero attached hydrogens (tertiary/aromatic N) is 4. The fourth-order valence-electron chi connectivity index (χ4n) is 2.72. The molecule has 0 saturated heterocycles. The number of fused-ring (bicyclic) bond motifs is 2. The van der Waals surface area contributed by atoms with Crippen LogP contribution in [0.4, 0.5) is 11.5 Å². The molecule has 132 valence electrons. The smallest absolute Gasteiger partial charge is 0.311 e. The highest BCUT2D eigenvalue weighted by Crippen LogP contribution is 2.36. The second-order valence-corrected chi connectivity index (χ2v) is 5.76. The molecule has 3 heterocycles. The molecule has 4 rings (SSSR count). The number of rotatable bonds is 4. The molecule has 8 heteroatoms. The maximum atomic E-state index is 11.7. The van der Waals surface area contributed by atoms with E-state index in [-0.39, 0.29) is 19.2 Å². The van der Waals surface area contributed by atoms with Crippen molar-refractivity contribution >= 4 is 23.1 Å². The zero-order valence-electron chi connectivity index (χ0n) is 14.3. The lowest BCUT2D eigenvalue weighted by Gasteiger charge is -2.00. The molecule has 0 atom stereocenters. The lowest BCUT2D eigenvalue weighted by Crippen LogP contribution is -2.04. The van der Waals surface area contributed by atoms with E-state index in [1.165, 1.54) is 7.11 Å². The second-order valence-electron chi connectivity index (χ2n) is 5.76. The predicted octanol–water partition coefficient (Wildman–Crippen LogP) is 3.50. The number of hydrogen-bond acceptors (Lipinski definition) is 7. The van der Waals surface area contributed by atoms with E-state index < -0.39 is 0 Å². The van der Waals surface area contributed by atoms with Crippen LogP contribution < -0.4 is 9.47 Å². The van der Waals surface area contributed by atoms with Crippen LogP contribution in [0.5, 0.6) is 11.5 Å². The lowest BCUT2D eigenvalue weighted by atomic mass is 10.3. The standard InChI is InChI=1S/C18H16N4O4/c1-11-4-3-7-22-17(11)19-13(9-16(23)24-2)18(22)21-20-12-5-6-14-15(8-12)26-10-25-14/h3-8H,9-10H2,1-2H3. The van der Waals surface area contributed by atoms with E-state index in [1.807, 2.05) is 29.7 Å². The Labute approximate surface area is 149 Å². The molecule has 1 aromatic carbocycles. The molecule has 8 nitrogen and oxygen atoms in total. The Morgan fingerprint density at radius 1 is 1.27 bits per heavy atom. The molecule has 0 amide bonds. The molecule has 26 heavy (non-hydrogen) atoms. The molecule has 0 saturated carbocycles. The van der Waals surface area contributed by atoms with Gasteiger partial charge in [0.15, 0.2) is 17.3 Å². The van der Waals surface area contributed by atoms with Gasteiger partial charge in [0, 0.05) is 12.3 Å². The first kappa shape index (κ1) is 16.1. The van der Waals surface area contributed by atoms with Crippen LogP contribution >= 0.6 is 0 Å². The average Bonchev–Trinajstić information content (AvgIpc) is 3.24. The number of benzene rings is 1. The maximum absolute atomic E-state index is 11.7. The number of hydrogen-bond donors (Lipinski definition) is 0. The van der Waals surface area contributed by atoms with Gasteiger partial charge in [0.25, 0.3) is 0 Å². The number of pyridine rings is 1. The van der Waals surface area contributed by atoms with Gasteiger partial charge in [-0.25, -0.2) is 4.98 Å². The summed E-state index contributed by atoms with van der Waals surface area (Å²) in [5, 5.41) is 8.62. The van der Waals surface area contributed by atoms with Crippen molar-refractivity contribution in [1.82, 2.24) is 9.38 Å². The summed E-state index contributed by atoms with van der Waals surface area (Å²) in [5.74, 6) is 1.42. The molecular weight excluding hydrogens is 336 g/mol. The normalized spacial score (nSPS) is 12.8. The van der Waals surface area contributed by atoms with Crippen LogP contribution in [0, 0.1) is 6.92 Å². The number of methoxy groups -OCH3 is 1. The minimum Gasteiger partial charge on any atom is -0.469 e. The minimum atomic E-state index is -0.384. The van der Waals surface area contributed by atoms with E-state index in [0.717, 1.165) is 11.2 Å². The highest BCUT2D eigenvalue weighted by Gasteiger charge is 2.17. The molecule has 1 aliphatic heterocycles. The molecule has 0 unspecified atom stereocenters. The number of aromatic nitrogens is 2. The summed E-state index contributed by atoms with van der Waals surface area (Å²) in [6.07, 6.45) is 1.86. The second kappa shape index (κ2) is 6.47. The largest absolute Gasteiger partial charge is 0.469 e. The summed E-state index contributed by atoms with van der Waals surface area (Å²) >= 11 is 0. The van der Waals surface area contributed by atoms with Crippen molar-refractivity contribution in [1.29, 1.82) is 0 Å². The Hall–Kier alpha value is -3.42. The zero-order valence-corrected chi connectivity index (χ0v) is 14.3. The van der Waals surface area contributed by atoms with Crippen LogP contribution in [0.1, 0.15) is 11.3 Å². The van der Waals surface area contributed by atoms with E-state index in [2.05, 4.69) is 15.2 Å². The van der Waals surface area contributed by atoms with Crippen molar-refractivity contribution in [3.8, 4) is 11.5 Å². The van der Waals surface area contributed by atoms with E-state index >= 15 is 0 Å². The number of aryl methyl sites for hydroxylation is 1. The van der Waals surface area contributed by atoms with Crippen molar-refractivity contribution in [2.45, 2.75) is 13.3 Å². The maximum Gasteiger partial charge on any atom is 0.311 e. The molecule has 0 bridgehead atoms. The van der Waals surface area contributed by atoms with Gasteiger partial charge >= 0.3 is 5.97 Å². The molecule has 0 N–H and O–H groups in total. The highest BCUT2D eigenvalue weighted by molar-refractivity contribution is 5.74. The van der Waals surface area contributed by atoms with E-state index in [9.17, 15) is 4.79 Å². The van der Waals surface area contributed by atoms with Crippen molar-refractivity contribution < 1.29 is 19.0 Å². The Bertz CT molecular complexity index is 1030. The van der Waals surface area contributed by atoms with Gasteiger partial charge in [-0.3, -0.25) is 9.20 Å². The van der Waals surface area contributed by atoms with Crippen molar-refractivity contribution in [3.63, 3.8) is 0 Å². The number of azo groups is 1. The van der Waals surface area contributed by atoms with Crippen molar-refractivity contribution in [3.05, 3.63) is 47.8 Å². The Morgan fingerprint density at radius 2 is 2.12 bits per heavy atom. The SMILES string of the molecule is COC(=O)Cc1nc2c(C)cccn2c1N=Nc1ccc2c(c1)OCO2. The molecule has 3 aromatic rings. The van der Waals surface area contributed by atoms with Gasteiger partial charge < -0.3 is 14.2 Å². The average molecular weight is 352 g/mol. The molecule has 0 radical (unpaired) electrons. The van der Waals surface area contributed by atoms with Crippen LogP contribution in [0.2, 0.25) is 0 Å². The lowest BCUT2D eigenvalue weighted by molar-refractivity contribution is -0.139. The summed E-state index contributed by atoms with van der Waals surface area (Å²) in [5.41, 5.74) is 2.82. The Morgan fingerprint density at radius 3 is 2.96 bits per heavy atom. The first-order chi connectivity index (χ1) is 12.7. The number of carbonyl (C=O) groups excluding carboxylic acids is 1. The van der Waals surface area contributed by atoms with Gasteiger partial charge in [-0.1, -0.05) is 6.07 Å².